The van der Waals surface area contributed by atoms with Crippen LogP contribution in [0.3, 0.4) is 0 Å². The number of nitrogens with zero attached hydrogens (tertiary/aromatic N) is 1. The lowest BCUT2D eigenvalue weighted by molar-refractivity contribution is -0.261. The number of aliphatic hydroxyl groups is 3. The van der Waals surface area contributed by atoms with E-state index in [0.717, 1.165) is 12.8 Å². The van der Waals surface area contributed by atoms with Crippen molar-refractivity contribution in [1.29, 1.82) is 0 Å². The lowest BCUT2D eigenvalue weighted by Gasteiger charge is -2.41. The minimum Gasteiger partial charge on any atom is -0.496 e. The molecule has 0 saturated carbocycles. The molecule has 2 heterocycles. The van der Waals surface area contributed by atoms with Crippen molar-refractivity contribution < 1.29 is 58.1 Å². The molecule has 0 bridgehead atoms. The number of esters is 1. The van der Waals surface area contributed by atoms with Crippen LogP contribution >= 0.6 is 11.6 Å². The Bertz CT molecular complexity index is 1380. The smallest absolute Gasteiger partial charge is 0.305 e. The van der Waals surface area contributed by atoms with Gasteiger partial charge in [0.2, 0.25) is 11.8 Å². The predicted molar refractivity (Wildman–Crippen MR) is 171 cm³/mol. The molecule has 1 aliphatic heterocycles. The summed E-state index contributed by atoms with van der Waals surface area (Å²) < 4.78 is 32.0. The molecule has 1 aliphatic rings. The van der Waals surface area contributed by atoms with E-state index in [1.165, 1.54) is 40.6 Å². The Labute approximate surface area is 283 Å². The molecule has 0 radical (unpaired) electrons. The van der Waals surface area contributed by atoms with Gasteiger partial charge in [0.25, 0.3) is 5.91 Å². The van der Waals surface area contributed by atoms with Crippen LogP contribution in [-0.2, 0) is 36.8 Å². The third-order valence-electron chi connectivity index (χ3n) is 7.71. The Kier molecular flexibility index (Phi) is 15.6. The van der Waals surface area contributed by atoms with Gasteiger partial charge in [-0.3, -0.25) is 14.4 Å². The van der Waals surface area contributed by atoms with Crippen molar-refractivity contribution in [2.45, 2.75) is 75.8 Å². The van der Waals surface area contributed by atoms with Gasteiger partial charge in [0.15, 0.2) is 6.29 Å². The summed E-state index contributed by atoms with van der Waals surface area (Å²) in [6.45, 7) is -0.00853. The second-order valence-electron chi connectivity index (χ2n) is 11.0. The van der Waals surface area contributed by atoms with Gasteiger partial charge in [0.1, 0.15) is 42.5 Å². The second-order valence-corrected chi connectivity index (χ2v) is 11.4. The molecular weight excluding hydrogens is 654 g/mol. The zero-order valence-corrected chi connectivity index (χ0v) is 28.2. The van der Waals surface area contributed by atoms with Gasteiger partial charge in [-0.1, -0.05) is 18.0 Å². The number of benzene rings is 1. The Balaban J connectivity index is 1.60. The summed E-state index contributed by atoms with van der Waals surface area (Å²) in [7, 11) is 5.50. The van der Waals surface area contributed by atoms with Gasteiger partial charge < -0.3 is 54.4 Å². The van der Waals surface area contributed by atoms with Crippen molar-refractivity contribution in [3.63, 3.8) is 0 Å². The van der Waals surface area contributed by atoms with E-state index in [2.05, 4.69) is 20.4 Å². The zero-order chi connectivity index (χ0) is 35.2. The highest BCUT2D eigenvalue weighted by molar-refractivity contribution is 6.32. The molecular formula is C32H44ClN3O12. The number of pyridine rings is 1. The predicted octanol–water partition coefficient (Wildman–Crippen LogP) is 1.30. The summed E-state index contributed by atoms with van der Waals surface area (Å²) in [5.41, 5.74) is 1.40. The highest BCUT2D eigenvalue weighted by Gasteiger charge is 2.45. The molecule has 0 spiro atoms. The monoisotopic (exact) mass is 697 g/mol. The average molecular weight is 698 g/mol. The molecule has 0 aliphatic carbocycles. The first kappa shape index (κ1) is 38.7. The first-order valence-corrected chi connectivity index (χ1v) is 15.8. The Hall–Kier alpha value is -3.73. The van der Waals surface area contributed by atoms with Gasteiger partial charge >= 0.3 is 5.97 Å². The average Bonchev–Trinajstić information content (AvgIpc) is 3.09. The molecule has 2 amide bonds. The van der Waals surface area contributed by atoms with Crippen LogP contribution in [0.2, 0.25) is 5.02 Å². The molecule has 16 heteroatoms. The quantitative estimate of drug-likeness (QED) is 0.110. The van der Waals surface area contributed by atoms with E-state index < -0.39 is 43.2 Å². The fourth-order valence-corrected chi connectivity index (χ4v) is 5.26. The van der Waals surface area contributed by atoms with Gasteiger partial charge in [0.05, 0.1) is 38.5 Å². The summed E-state index contributed by atoms with van der Waals surface area (Å²) in [5.74, 6) is -0.354. The van der Waals surface area contributed by atoms with Crippen molar-refractivity contribution in [1.82, 2.24) is 15.6 Å². The van der Waals surface area contributed by atoms with Crippen LogP contribution < -0.4 is 24.8 Å². The number of rotatable bonds is 18. The lowest BCUT2D eigenvalue weighted by Crippen LogP contribution is -2.64. The van der Waals surface area contributed by atoms with Crippen LogP contribution in [0.25, 0.3) is 0 Å². The summed E-state index contributed by atoms with van der Waals surface area (Å²) in [5, 5.41) is 35.8. The van der Waals surface area contributed by atoms with E-state index in [1.807, 2.05) is 6.07 Å². The number of carbonyl (C=O) groups is 3. The van der Waals surface area contributed by atoms with Gasteiger partial charge in [-0.15, -0.1) is 0 Å². The number of aryl methyl sites for hydroxylation is 1. The summed E-state index contributed by atoms with van der Waals surface area (Å²) in [4.78, 5) is 41.1. The number of carbonyl (C=O) groups excluding carboxylic acids is 3. The molecule has 5 N–H and O–H groups in total. The van der Waals surface area contributed by atoms with Gasteiger partial charge in [-0.05, 0) is 31.4 Å². The number of amides is 2. The molecule has 1 fully saturated rings. The summed E-state index contributed by atoms with van der Waals surface area (Å²) in [6, 6.07) is 3.42. The third-order valence-corrected chi connectivity index (χ3v) is 8.00. The zero-order valence-electron chi connectivity index (χ0n) is 27.4. The van der Waals surface area contributed by atoms with E-state index in [4.69, 9.17) is 35.3 Å². The Morgan fingerprint density at radius 3 is 2.42 bits per heavy atom. The highest BCUT2D eigenvalue weighted by Crippen LogP contribution is 2.34. The van der Waals surface area contributed by atoms with Crippen LogP contribution in [0, 0.1) is 0 Å². The van der Waals surface area contributed by atoms with E-state index in [-0.39, 0.29) is 47.0 Å². The normalized spacial score (nSPS) is 20.5. The first-order valence-electron chi connectivity index (χ1n) is 15.4. The lowest BCUT2D eigenvalue weighted by atomic mass is 9.96. The standard InChI is InChI=1S/C32H44ClN3O12/c1-43-22-14-23(21(33)13-20(22)30(42)36-27-29(41)28(40)24(16-37)48-32(27)46-4)47-17-18-12-19(31(45-3)35-15-18)9-10-25(38)34-11-7-5-6-8-26(39)44-2/h12-15,24,27-29,32,37,40-41H,5-11,16-17H2,1-4H3,(H,34,38)(H,36,42)/t24-,27-,28-,29-,32+/m1/s1. The van der Waals surface area contributed by atoms with E-state index in [9.17, 15) is 29.7 Å². The molecule has 266 valence electrons. The highest BCUT2D eigenvalue weighted by atomic mass is 35.5. The fraction of sp³-hybridized carbons (Fsp3) is 0.562. The second kappa shape index (κ2) is 19.3. The maximum atomic E-state index is 13.2. The first-order chi connectivity index (χ1) is 23.1. The number of methoxy groups -OCH3 is 4. The van der Waals surface area contributed by atoms with Crippen molar-refractivity contribution in [3.8, 4) is 17.4 Å². The van der Waals surface area contributed by atoms with Gasteiger partial charge in [-0.2, -0.15) is 0 Å². The van der Waals surface area contributed by atoms with Gasteiger partial charge in [-0.25, -0.2) is 4.98 Å². The minimum absolute atomic E-state index is 0.0172. The van der Waals surface area contributed by atoms with E-state index in [0.29, 0.717) is 42.8 Å². The number of ether oxygens (including phenoxy) is 6. The molecule has 1 saturated heterocycles. The van der Waals surface area contributed by atoms with Crippen LogP contribution in [-0.4, -0.2) is 110 Å². The minimum atomic E-state index is -1.50. The number of aromatic nitrogens is 1. The van der Waals surface area contributed by atoms with Crippen molar-refractivity contribution >= 4 is 29.4 Å². The fourth-order valence-electron chi connectivity index (χ4n) is 5.05. The largest absolute Gasteiger partial charge is 0.496 e. The van der Waals surface area contributed by atoms with Crippen molar-refractivity contribution in [2.75, 3.05) is 41.6 Å². The number of aliphatic hydroxyl groups excluding tert-OH is 3. The number of nitrogens with one attached hydrogen (secondary N) is 2. The summed E-state index contributed by atoms with van der Waals surface area (Å²) in [6.07, 6.45) is -0.445. The molecule has 2 aromatic rings. The van der Waals surface area contributed by atoms with Gasteiger partial charge in [0, 0.05) is 49.9 Å². The maximum absolute atomic E-state index is 13.2. The van der Waals surface area contributed by atoms with E-state index in [1.54, 1.807) is 6.20 Å². The molecule has 0 unspecified atom stereocenters. The number of hydrogen-bond acceptors (Lipinski definition) is 13. The van der Waals surface area contributed by atoms with Crippen molar-refractivity contribution in [3.05, 3.63) is 46.1 Å². The van der Waals surface area contributed by atoms with Crippen LogP contribution in [0.5, 0.6) is 17.4 Å². The number of unbranched alkanes of at least 4 members (excludes halogenated alkanes) is 2. The molecule has 48 heavy (non-hydrogen) atoms. The van der Waals surface area contributed by atoms with E-state index >= 15 is 0 Å². The molecule has 1 aromatic carbocycles. The topological polar surface area (TPSA) is 204 Å². The molecule has 3 rings (SSSR count). The molecule has 1 aromatic heterocycles. The van der Waals surface area contributed by atoms with Crippen LogP contribution in [0.1, 0.15) is 53.6 Å². The molecule has 15 nitrogen and oxygen atoms in total. The van der Waals surface area contributed by atoms with Crippen LogP contribution in [0.15, 0.2) is 24.4 Å². The Morgan fingerprint density at radius 2 is 1.75 bits per heavy atom. The third kappa shape index (κ3) is 10.6. The van der Waals surface area contributed by atoms with Crippen molar-refractivity contribution in [2.24, 2.45) is 0 Å². The summed E-state index contributed by atoms with van der Waals surface area (Å²) >= 11 is 6.48. The maximum Gasteiger partial charge on any atom is 0.305 e. The number of hydrogen-bond donors (Lipinski definition) is 5. The SMILES string of the molecule is COC(=O)CCCCCNC(=O)CCc1cc(COc2cc(OC)c(C(=O)N[C@H]3[C@@H](OC)O[C@H](CO)[C@@H](O)[C@@H]3O)cc2Cl)cnc1OC. The van der Waals surface area contributed by atoms with Crippen LogP contribution in [0.4, 0.5) is 0 Å². The molecule has 5 atom stereocenters. The number of halogens is 1. The Morgan fingerprint density at radius 1 is 0.979 bits per heavy atom.